The second-order valence-electron chi connectivity index (χ2n) is 5.33. The Kier molecular flexibility index (Phi) is 5.03. The van der Waals surface area contributed by atoms with Crippen LogP contribution in [0.1, 0.15) is 46.0 Å². The molecule has 1 saturated carbocycles. The van der Waals surface area contributed by atoms with Crippen LogP contribution in [0.15, 0.2) is 0 Å². The van der Waals surface area contributed by atoms with Gasteiger partial charge in [-0.2, -0.15) is 0 Å². The topological polar surface area (TPSA) is 52.5 Å². The van der Waals surface area contributed by atoms with E-state index in [0.29, 0.717) is 6.04 Å². The third-order valence-electron chi connectivity index (χ3n) is 3.51. The van der Waals surface area contributed by atoms with Crippen LogP contribution >= 0.6 is 0 Å². The monoisotopic (exact) mass is 215 g/mol. The highest BCUT2D eigenvalue weighted by Crippen LogP contribution is 2.23. The maximum atomic E-state index is 9.22. The van der Waals surface area contributed by atoms with E-state index in [1.807, 2.05) is 6.92 Å². The highest BCUT2D eigenvalue weighted by Gasteiger charge is 2.26. The molecule has 0 heterocycles. The Bertz CT molecular complexity index is 180. The van der Waals surface area contributed by atoms with Gasteiger partial charge in [0.25, 0.3) is 0 Å². The third-order valence-corrected chi connectivity index (χ3v) is 3.51. The minimum atomic E-state index is -0.516. The second kappa shape index (κ2) is 5.83. The molecule has 0 bridgehead atoms. The van der Waals surface area contributed by atoms with Crippen molar-refractivity contribution >= 4 is 0 Å². The molecule has 1 aliphatic carbocycles. The van der Waals surface area contributed by atoms with E-state index < -0.39 is 5.54 Å². The number of nitrogens with one attached hydrogen (secondary N) is 1. The Morgan fingerprint density at radius 2 is 1.80 bits per heavy atom. The molecule has 0 spiro atoms. The van der Waals surface area contributed by atoms with Gasteiger partial charge >= 0.3 is 0 Å². The number of rotatable bonds is 4. The van der Waals surface area contributed by atoms with Gasteiger partial charge in [-0.1, -0.05) is 19.8 Å². The fourth-order valence-corrected chi connectivity index (χ4v) is 2.27. The van der Waals surface area contributed by atoms with Gasteiger partial charge in [-0.05, 0) is 32.1 Å². The summed E-state index contributed by atoms with van der Waals surface area (Å²) >= 11 is 0. The molecule has 2 atom stereocenters. The first kappa shape index (κ1) is 12.9. The first-order valence-corrected chi connectivity index (χ1v) is 6.09. The molecule has 3 N–H and O–H groups in total. The maximum Gasteiger partial charge on any atom is 0.0633 e. The van der Waals surface area contributed by atoms with Crippen LogP contribution in [0.5, 0.6) is 0 Å². The summed E-state index contributed by atoms with van der Waals surface area (Å²) in [5.41, 5.74) is -0.516. The molecule has 0 aromatic carbocycles. The van der Waals surface area contributed by atoms with Gasteiger partial charge in [-0.25, -0.2) is 0 Å². The van der Waals surface area contributed by atoms with Gasteiger partial charge in [0.15, 0.2) is 0 Å². The van der Waals surface area contributed by atoms with Crippen molar-refractivity contribution in [3.63, 3.8) is 0 Å². The molecule has 3 heteroatoms. The number of aliphatic hydroxyl groups is 2. The number of hydrogen-bond acceptors (Lipinski definition) is 3. The molecule has 0 aromatic heterocycles. The smallest absolute Gasteiger partial charge is 0.0633 e. The molecule has 15 heavy (non-hydrogen) atoms. The number of hydrogen-bond donors (Lipinski definition) is 3. The summed E-state index contributed by atoms with van der Waals surface area (Å²) in [5.74, 6) is 0.825. The molecule has 0 aromatic rings. The molecular weight excluding hydrogens is 190 g/mol. The summed E-state index contributed by atoms with van der Waals surface area (Å²) in [5, 5.41) is 21.8. The van der Waals surface area contributed by atoms with Crippen molar-refractivity contribution in [1.82, 2.24) is 5.32 Å². The van der Waals surface area contributed by atoms with Gasteiger partial charge in [-0.3, -0.25) is 0 Å². The van der Waals surface area contributed by atoms with Crippen molar-refractivity contribution in [2.24, 2.45) is 5.92 Å². The van der Waals surface area contributed by atoms with Gasteiger partial charge in [-0.15, -0.1) is 0 Å². The molecule has 0 radical (unpaired) electrons. The summed E-state index contributed by atoms with van der Waals surface area (Å²) in [6.45, 7) is 4.17. The fourth-order valence-electron chi connectivity index (χ4n) is 2.27. The van der Waals surface area contributed by atoms with Crippen LogP contribution in [0.2, 0.25) is 0 Å². The van der Waals surface area contributed by atoms with E-state index in [9.17, 15) is 10.2 Å². The maximum absolute atomic E-state index is 9.22. The second-order valence-corrected chi connectivity index (χ2v) is 5.33. The average Bonchev–Trinajstić information content (AvgIpc) is 2.44. The number of aliphatic hydroxyl groups excluding tert-OH is 2. The Labute approximate surface area is 92.9 Å². The molecular formula is C12H25NO2. The van der Waals surface area contributed by atoms with Gasteiger partial charge in [0, 0.05) is 6.04 Å². The van der Waals surface area contributed by atoms with E-state index in [2.05, 4.69) is 12.2 Å². The van der Waals surface area contributed by atoms with Crippen molar-refractivity contribution in [1.29, 1.82) is 0 Å². The zero-order valence-electron chi connectivity index (χ0n) is 10.00. The van der Waals surface area contributed by atoms with Gasteiger partial charge < -0.3 is 15.5 Å². The molecule has 2 unspecified atom stereocenters. The molecule has 1 fully saturated rings. The lowest BCUT2D eigenvalue weighted by Crippen LogP contribution is -2.53. The Morgan fingerprint density at radius 3 is 2.40 bits per heavy atom. The average molecular weight is 215 g/mol. The van der Waals surface area contributed by atoms with Crippen LogP contribution in [0, 0.1) is 5.92 Å². The van der Waals surface area contributed by atoms with Crippen LogP contribution in [-0.2, 0) is 0 Å². The van der Waals surface area contributed by atoms with Crippen LogP contribution < -0.4 is 5.32 Å². The zero-order chi connectivity index (χ0) is 11.3. The van der Waals surface area contributed by atoms with E-state index in [4.69, 9.17) is 0 Å². The summed E-state index contributed by atoms with van der Waals surface area (Å²) in [4.78, 5) is 0. The van der Waals surface area contributed by atoms with Gasteiger partial charge in [0.05, 0.1) is 18.8 Å². The lowest BCUT2D eigenvalue weighted by Gasteiger charge is -2.31. The van der Waals surface area contributed by atoms with E-state index in [1.165, 1.54) is 25.7 Å². The van der Waals surface area contributed by atoms with Crippen LogP contribution in [0.4, 0.5) is 0 Å². The Hall–Kier alpha value is -0.120. The Balaban J connectivity index is 2.43. The molecule has 1 rings (SSSR count). The lowest BCUT2D eigenvalue weighted by atomic mass is 9.99. The SMILES string of the molecule is CC1CCCC(NC(C)(CO)CO)CC1. The lowest BCUT2D eigenvalue weighted by molar-refractivity contribution is 0.0916. The third kappa shape index (κ3) is 4.09. The first-order chi connectivity index (χ1) is 7.09. The quantitative estimate of drug-likeness (QED) is 0.619. The van der Waals surface area contributed by atoms with E-state index in [1.54, 1.807) is 0 Å². The standard InChI is InChI=1S/C12H25NO2/c1-10-4-3-5-11(7-6-10)13-12(2,8-14)9-15/h10-11,13-15H,3-9H2,1-2H3. The largest absolute Gasteiger partial charge is 0.394 e. The van der Waals surface area contributed by atoms with Gasteiger partial charge in [0.1, 0.15) is 0 Å². The minimum absolute atomic E-state index is 0.00441. The van der Waals surface area contributed by atoms with Crippen LogP contribution in [0.25, 0.3) is 0 Å². The van der Waals surface area contributed by atoms with Crippen molar-refractivity contribution in [2.75, 3.05) is 13.2 Å². The Morgan fingerprint density at radius 1 is 1.13 bits per heavy atom. The molecule has 3 nitrogen and oxygen atoms in total. The predicted octanol–water partition coefficient (Wildman–Crippen LogP) is 1.29. The van der Waals surface area contributed by atoms with Crippen LogP contribution in [0.3, 0.4) is 0 Å². The van der Waals surface area contributed by atoms with Crippen LogP contribution in [-0.4, -0.2) is 35.0 Å². The molecule has 0 saturated heterocycles. The molecule has 0 amide bonds. The van der Waals surface area contributed by atoms with Crippen molar-refractivity contribution in [3.8, 4) is 0 Å². The highest BCUT2D eigenvalue weighted by molar-refractivity contribution is 4.86. The molecule has 0 aliphatic heterocycles. The molecule has 1 aliphatic rings. The minimum Gasteiger partial charge on any atom is -0.394 e. The fraction of sp³-hybridized carbons (Fsp3) is 1.00. The summed E-state index contributed by atoms with van der Waals surface area (Å²) in [6.07, 6.45) is 6.15. The summed E-state index contributed by atoms with van der Waals surface area (Å²) in [7, 11) is 0. The highest BCUT2D eigenvalue weighted by atomic mass is 16.3. The van der Waals surface area contributed by atoms with Crippen molar-refractivity contribution in [3.05, 3.63) is 0 Å². The predicted molar refractivity (Wildman–Crippen MR) is 61.7 cm³/mol. The van der Waals surface area contributed by atoms with Gasteiger partial charge in [0.2, 0.25) is 0 Å². The first-order valence-electron chi connectivity index (χ1n) is 6.09. The molecule has 90 valence electrons. The van der Waals surface area contributed by atoms with Crippen molar-refractivity contribution in [2.45, 2.75) is 57.5 Å². The van der Waals surface area contributed by atoms with E-state index >= 15 is 0 Å². The van der Waals surface area contributed by atoms with Crippen molar-refractivity contribution < 1.29 is 10.2 Å². The normalized spacial score (nSPS) is 28.8. The summed E-state index contributed by atoms with van der Waals surface area (Å²) in [6, 6.07) is 0.458. The summed E-state index contributed by atoms with van der Waals surface area (Å²) < 4.78 is 0. The van der Waals surface area contributed by atoms with E-state index in [-0.39, 0.29) is 13.2 Å². The van der Waals surface area contributed by atoms with E-state index in [0.717, 1.165) is 12.3 Å². The zero-order valence-corrected chi connectivity index (χ0v) is 10.00.